The molecule has 2 aromatic heterocycles. The van der Waals surface area contributed by atoms with Crippen LogP contribution in [0.5, 0.6) is 0 Å². The van der Waals surface area contributed by atoms with Crippen LogP contribution in [-0.2, 0) is 4.74 Å². The van der Waals surface area contributed by atoms with Gasteiger partial charge in [0.05, 0.1) is 18.6 Å². The van der Waals surface area contributed by atoms with Crippen molar-refractivity contribution in [2.75, 3.05) is 36.5 Å². The van der Waals surface area contributed by atoms with Crippen LogP contribution in [0.1, 0.15) is 31.0 Å². The summed E-state index contributed by atoms with van der Waals surface area (Å²) in [5.41, 5.74) is 4.29. The van der Waals surface area contributed by atoms with Crippen LogP contribution < -0.4 is 10.2 Å². The minimum absolute atomic E-state index is 0.523. The fourth-order valence-electron chi connectivity index (χ4n) is 3.22. The van der Waals surface area contributed by atoms with E-state index < -0.39 is 0 Å². The van der Waals surface area contributed by atoms with Gasteiger partial charge >= 0.3 is 0 Å². The molecule has 136 valence electrons. The molecule has 1 fully saturated rings. The van der Waals surface area contributed by atoms with Crippen molar-refractivity contribution in [3.05, 3.63) is 41.6 Å². The van der Waals surface area contributed by atoms with Crippen molar-refractivity contribution in [3.63, 3.8) is 0 Å². The lowest BCUT2D eigenvalue weighted by atomic mass is 10.0. The quantitative estimate of drug-likeness (QED) is 0.744. The Morgan fingerprint density at radius 1 is 1.12 bits per heavy atom. The van der Waals surface area contributed by atoms with Gasteiger partial charge in [0, 0.05) is 24.5 Å². The highest BCUT2D eigenvalue weighted by molar-refractivity contribution is 5.90. The highest BCUT2D eigenvalue weighted by Gasteiger charge is 2.17. The van der Waals surface area contributed by atoms with Gasteiger partial charge in [-0.3, -0.25) is 0 Å². The number of hydrogen-bond acceptors (Lipinski definition) is 5. The van der Waals surface area contributed by atoms with Crippen molar-refractivity contribution in [1.82, 2.24) is 15.0 Å². The van der Waals surface area contributed by atoms with Crippen molar-refractivity contribution in [3.8, 4) is 0 Å². The van der Waals surface area contributed by atoms with E-state index in [4.69, 9.17) is 14.7 Å². The summed E-state index contributed by atoms with van der Waals surface area (Å²) >= 11 is 0. The molecule has 1 aliphatic rings. The number of aryl methyl sites for hydroxylation is 1. The molecule has 0 amide bonds. The van der Waals surface area contributed by atoms with Crippen LogP contribution in [0.3, 0.4) is 0 Å². The molecule has 3 heterocycles. The van der Waals surface area contributed by atoms with E-state index in [0.717, 1.165) is 47.3 Å². The Hall–Kier alpha value is -2.60. The lowest BCUT2D eigenvalue weighted by Crippen LogP contribution is -2.37. The molecular formula is C20H25N5O. The van der Waals surface area contributed by atoms with Gasteiger partial charge in [-0.15, -0.1) is 0 Å². The van der Waals surface area contributed by atoms with Crippen LogP contribution in [-0.4, -0.2) is 41.3 Å². The number of rotatable bonds is 4. The zero-order chi connectivity index (χ0) is 18.1. The van der Waals surface area contributed by atoms with Crippen LogP contribution in [0, 0.1) is 6.92 Å². The Kier molecular flexibility index (Phi) is 4.51. The maximum Gasteiger partial charge on any atom is 0.229 e. The number of aromatic nitrogens is 3. The first-order chi connectivity index (χ1) is 12.6. The lowest BCUT2D eigenvalue weighted by Gasteiger charge is -2.27. The third kappa shape index (κ3) is 3.37. The number of ether oxygens (including phenoxy) is 1. The van der Waals surface area contributed by atoms with E-state index in [-0.39, 0.29) is 0 Å². The van der Waals surface area contributed by atoms with Gasteiger partial charge in [0.2, 0.25) is 5.95 Å². The molecule has 1 aromatic carbocycles. The number of H-pyrrole nitrogens is 1. The second kappa shape index (κ2) is 6.96. The summed E-state index contributed by atoms with van der Waals surface area (Å²) in [6, 6.07) is 10.6. The number of anilines is 3. The first-order valence-electron chi connectivity index (χ1n) is 9.17. The molecule has 0 bridgehead atoms. The number of fused-ring (bicyclic) bond motifs is 1. The van der Waals surface area contributed by atoms with Crippen LogP contribution in [0.4, 0.5) is 17.5 Å². The molecule has 26 heavy (non-hydrogen) atoms. The fraction of sp³-hybridized carbons (Fsp3) is 0.400. The second-order valence-corrected chi connectivity index (χ2v) is 7.09. The van der Waals surface area contributed by atoms with Gasteiger partial charge in [-0.1, -0.05) is 26.0 Å². The minimum atomic E-state index is 0.523. The van der Waals surface area contributed by atoms with Crippen molar-refractivity contribution in [2.45, 2.75) is 26.7 Å². The largest absolute Gasteiger partial charge is 0.378 e. The van der Waals surface area contributed by atoms with Crippen LogP contribution >= 0.6 is 0 Å². The van der Waals surface area contributed by atoms with Crippen molar-refractivity contribution in [1.29, 1.82) is 0 Å². The SMILES string of the molecule is Cc1cc2c(Nc3ccc(C(C)C)cc3)nc(N3CCOCC3)nc2[nH]1. The number of hydrogen-bond donors (Lipinski definition) is 2. The molecule has 0 atom stereocenters. The zero-order valence-electron chi connectivity index (χ0n) is 15.5. The van der Waals surface area contributed by atoms with E-state index >= 15 is 0 Å². The highest BCUT2D eigenvalue weighted by atomic mass is 16.5. The molecule has 0 aliphatic carbocycles. The molecule has 0 radical (unpaired) electrons. The maximum atomic E-state index is 5.45. The molecular weight excluding hydrogens is 326 g/mol. The van der Waals surface area contributed by atoms with Gasteiger partial charge in [0.25, 0.3) is 0 Å². The third-order valence-electron chi connectivity index (χ3n) is 4.74. The predicted molar refractivity (Wildman–Crippen MR) is 105 cm³/mol. The average Bonchev–Trinajstić information content (AvgIpc) is 3.03. The van der Waals surface area contributed by atoms with Gasteiger partial charge < -0.3 is 19.9 Å². The normalized spacial score (nSPS) is 15.0. The molecule has 4 rings (SSSR count). The predicted octanol–water partition coefficient (Wildman–Crippen LogP) is 3.97. The third-order valence-corrected chi connectivity index (χ3v) is 4.74. The Balaban J connectivity index is 1.70. The molecule has 6 heteroatoms. The topological polar surface area (TPSA) is 66.1 Å². The van der Waals surface area contributed by atoms with E-state index in [1.165, 1.54) is 5.56 Å². The lowest BCUT2D eigenvalue weighted by molar-refractivity contribution is 0.122. The zero-order valence-corrected chi connectivity index (χ0v) is 15.5. The molecule has 6 nitrogen and oxygen atoms in total. The highest BCUT2D eigenvalue weighted by Crippen LogP contribution is 2.28. The van der Waals surface area contributed by atoms with Crippen molar-refractivity contribution in [2.24, 2.45) is 0 Å². The second-order valence-electron chi connectivity index (χ2n) is 7.09. The Morgan fingerprint density at radius 3 is 2.54 bits per heavy atom. The fourth-order valence-corrected chi connectivity index (χ4v) is 3.22. The number of nitrogens with zero attached hydrogens (tertiary/aromatic N) is 3. The molecule has 3 aromatic rings. The number of benzene rings is 1. The van der Waals surface area contributed by atoms with E-state index in [0.29, 0.717) is 19.1 Å². The Labute approximate surface area is 153 Å². The van der Waals surface area contributed by atoms with Gasteiger partial charge in [-0.05, 0) is 36.6 Å². The van der Waals surface area contributed by atoms with E-state index in [1.54, 1.807) is 0 Å². The Morgan fingerprint density at radius 2 is 1.85 bits per heavy atom. The van der Waals surface area contributed by atoms with Gasteiger partial charge in [-0.25, -0.2) is 0 Å². The minimum Gasteiger partial charge on any atom is -0.378 e. The molecule has 0 spiro atoms. The summed E-state index contributed by atoms with van der Waals surface area (Å²) in [5.74, 6) is 2.09. The molecule has 0 saturated carbocycles. The smallest absolute Gasteiger partial charge is 0.229 e. The summed E-state index contributed by atoms with van der Waals surface area (Å²) in [6.45, 7) is 9.50. The summed E-state index contributed by atoms with van der Waals surface area (Å²) in [4.78, 5) is 15.1. The summed E-state index contributed by atoms with van der Waals surface area (Å²) < 4.78 is 5.45. The first-order valence-corrected chi connectivity index (χ1v) is 9.17. The molecule has 2 N–H and O–H groups in total. The summed E-state index contributed by atoms with van der Waals surface area (Å²) in [6.07, 6.45) is 0. The molecule has 1 aliphatic heterocycles. The number of morpholine rings is 1. The van der Waals surface area contributed by atoms with Crippen LogP contribution in [0.15, 0.2) is 30.3 Å². The van der Waals surface area contributed by atoms with E-state index in [1.807, 2.05) is 6.92 Å². The number of aromatic amines is 1. The van der Waals surface area contributed by atoms with E-state index in [2.05, 4.69) is 59.4 Å². The van der Waals surface area contributed by atoms with Gasteiger partial charge in [0.15, 0.2) is 0 Å². The maximum absolute atomic E-state index is 5.45. The standard InChI is InChI=1S/C20H25N5O/c1-13(2)15-4-6-16(7-5-15)22-19-17-12-14(3)21-18(17)23-20(24-19)25-8-10-26-11-9-25/h4-7,12-13H,8-11H2,1-3H3,(H2,21,22,23,24). The van der Waals surface area contributed by atoms with Crippen molar-refractivity contribution >= 4 is 28.5 Å². The van der Waals surface area contributed by atoms with E-state index in [9.17, 15) is 0 Å². The Bertz CT molecular complexity index is 894. The first kappa shape index (κ1) is 16.8. The van der Waals surface area contributed by atoms with Gasteiger partial charge in [0.1, 0.15) is 11.5 Å². The monoisotopic (exact) mass is 351 g/mol. The van der Waals surface area contributed by atoms with Crippen LogP contribution in [0.25, 0.3) is 11.0 Å². The van der Waals surface area contributed by atoms with Crippen LogP contribution in [0.2, 0.25) is 0 Å². The summed E-state index contributed by atoms with van der Waals surface area (Å²) in [5, 5.41) is 4.48. The summed E-state index contributed by atoms with van der Waals surface area (Å²) in [7, 11) is 0. The van der Waals surface area contributed by atoms with Crippen molar-refractivity contribution < 1.29 is 4.74 Å². The molecule has 0 unspecified atom stereocenters. The number of nitrogens with one attached hydrogen (secondary N) is 2. The molecule has 1 saturated heterocycles. The average molecular weight is 351 g/mol. The van der Waals surface area contributed by atoms with Gasteiger partial charge in [-0.2, -0.15) is 9.97 Å².